The summed E-state index contributed by atoms with van der Waals surface area (Å²) in [4.78, 5) is 11.2. The van der Waals surface area contributed by atoms with Gasteiger partial charge in [0.25, 0.3) is 0 Å². The van der Waals surface area contributed by atoms with Crippen molar-refractivity contribution >= 4 is 28.4 Å². The van der Waals surface area contributed by atoms with Crippen LogP contribution in [-0.2, 0) is 0 Å². The number of hydrogen-bond donors (Lipinski definition) is 0. The average molecular weight is 288 g/mol. The van der Waals surface area contributed by atoms with Crippen LogP contribution in [0.5, 0.6) is 5.75 Å². The highest BCUT2D eigenvalue weighted by Gasteiger charge is 2.04. The molecular weight excluding hydrogens is 279 g/mol. The van der Waals surface area contributed by atoms with Crippen molar-refractivity contribution in [2.45, 2.75) is 0 Å². The Bertz CT molecular complexity index is 345. The molecule has 0 aliphatic heterocycles. The predicted octanol–water partition coefficient (Wildman–Crippen LogP) is 2.67. The third-order valence-electron chi connectivity index (χ3n) is 1.62. The molecule has 0 fully saturated rings. The number of ether oxygens (including phenoxy) is 1. The summed E-state index contributed by atoms with van der Waals surface area (Å²) in [6.07, 6.45) is 1.30. The van der Waals surface area contributed by atoms with Crippen molar-refractivity contribution in [1.29, 1.82) is 0 Å². The number of rotatable bonds is 3. The minimum absolute atomic E-state index is 0.0689. The maximum Gasteiger partial charge on any atom is 0.185 e. The number of halogens is 1. The topological polar surface area (TPSA) is 26.3 Å². The molecule has 1 aromatic rings. The van der Waals surface area contributed by atoms with Crippen molar-refractivity contribution < 1.29 is 9.53 Å². The van der Waals surface area contributed by atoms with Crippen molar-refractivity contribution in [3.05, 3.63) is 40.0 Å². The molecular formula is C10H9IO2. The summed E-state index contributed by atoms with van der Waals surface area (Å²) < 4.78 is 5.99. The predicted molar refractivity (Wildman–Crippen MR) is 60.2 cm³/mol. The smallest absolute Gasteiger partial charge is 0.185 e. The fourth-order valence-electron chi connectivity index (χ4n) is 0.937. The summed E-state index contributed by atoms with van der Waals surface area (Å²) in [7, 11) is 1.60. The van der Waals surface area contributed by atoms with Crippen LogP contribution < -0.4 is 4.74 Å². The third-order valence-corrected chi connectivity index (χ3v) is 2.46. The Morgan fingerprint density at radius 1 is 1.62 bits per heavy atom. The first-order chi connectivity index (χ1) is 6.19. The van der Waals surface area contributed by atoms with Gasteiger partial charge >= 0.3 is 0 Å². The van der Waals surface area contributed by atoms with E-state index in [1.165, 1.54) is 6.08 Å². The highest BCUT2D eigenvalue weighted by Crippen LogP contribution is 2.21. The third kappa shape index (κ3) is 2.30. The maximum atomic E-state index is 11.2. The van der Waals surface area contributed by atoms with Crippen LogP contribution >= 0.6 is 22.6 Å². The second kappa shape index (κ2) is 4.41. The van der Waals surface area contributed by atoms with Crippen molar-refractivity contribution in [3.8, 4) is 5.75 Å². The van der Waals surface area contributed by atoms with Crippen LogP contribution in [0.2, 0.25) is 0 Å². The number of hydrogen-bond acceptors (Lipinski definition) is 2. The summed E-state index contributed by atoms with van der Waals surface area (Å²) in [6.45, 7) is 3.43. The zero-order chi connectivity index (χ0) is 9.84. The first-order valence-electron chi connectivity index (χ1n) is 3.69. The standard InChI is InChI=1S/C10H9IO2/c1-3-9(12)7-4-5-10(13-2)8(11)6-7/h3-6H,1H2,2H3. The van der Waals surface area contributed by atoms with E-state index in [0.717, 1.165) is 9.32 Å². The molecule has 0 saturated carbocycles. The van der Waals surface area contributed by atoms with Crippen LogP contribution in [0, 0.1) is 3.57 Å². The van der Waals surface area contributed by atoms with Crippen LogP contribution in [-0.4, -0.2) is 12.9 Å². The molecule has 0 amide bonds. The van der Waals surface area contributed by atoms with Crippen LogP contribution in [0.25, 0.3) is 0 Å². The van der Waals surface area contributed by atoms with Crippen molar-refractivity contribution in [1.82, 2.24) is 0 Å². The molecule has 0 bridgehead atoms. The Hall–Kier alpha value is -0.840. The molecule has 0 aromatic heterocycles. The zero-order valence-corrected chi connectivity index (χ0v) is 9.37. The summed E-state index contributed by atoms with van der Waals surface area (Å²) in [5, 5.41) is 0. The van der Waals surface area contributed by atoms with Crippen molar-refractivity contribution in [3.63, 3.8) is 0 Å². The summed E-state index contributed by atoms with van der Waals surface area (Å²) >= 11 is 2.12. The van der Waals surface area contributed by atoms with Crippen molar-refractivity contribution in [2.24, 2.45) is 0 Å². The molecule has 13 heavy (non-hydrogen) atoms. The van der Waals surface area contributed by atoms with Crippen LogP contribution in [0.4, 0.5) is 0 Å². The lowest BCUT2D eigenvalue weighted by Gasteiger charge is -2.03. The largest absolute Gasteiger partial charge is 0.496 e. The van der Waals surface area contributed by atoms with Gasteiger partial charge in [0.1, 0.15) is 5.75 Å². The summed E-state index contributed by atoms with van der Waals surface area (Å²) in [5.74, 6) is 0.710. The fraction of sp³-hybridized carbons (Fsp3) is 0.100. The van der Waals surface area contributed by atoms with Gasteiger partial charge in [-0.3, -0.25) is 4.79 Å². The van der Waals surface area contributed by atoms with Gasteiger partial charge < -0.3 is 4.74 Å². The normalized spacial score (nSPS) is 9.38. The van der Waals surface area contributed by atoms with Gasteiger partial charge in [0.2, 0.25) is 0 Å². The first-order valence-corrected chi connectivity index (χ1v) is 4.77. The van der Waals surface area contributed by atoms with Crippen LogP contribution in [0.3, 0.4) is 0 Å². The maximum absolute atomic E-state index is 11.2. The summed E-state index contributed by atoms with van der Waals surface area (Å²) in [5.41, 5.74) is 0.639. The molecule has 0 N–H and O–H groups in total. The minimum Gasteiger partial charge on any atom is -0.496 e. The van der Waals surface area contributed by atoms with E-state index < -0.39 is 0 Å². The van der Waals surface area contributed by atoms with Gasteiger partial charge in [-0.25, -0.2) is 0 Å². The molecule has 68 valence electrons. The van der Waals surface area contributed by atoms with Crippen LogP contribution in [0.15, 0.2) is 30.9 Å². The van der Waals surface area contributed by atoms with E-state index in [2.05, 4.69) is 29.2 Å². The highest BCUT2D eigenvalue weighted by atomic mass is 127. The number of benzene rings is 1. The monoisotopic (exact) mass is 288 g/mol. The fourth-order valence-corrected chi connectivity index (χ4v) is 1.67. The molecule has 3 heteroatoms. The van der Waals surface area contributed by atoms with Gasteiger partial charge in [-0.1, -0.05) is 6.58 Å². The van der Waals surface area contributed by atoms with Gasteiger partial charge in [0, 0.05) is 5.56 Å². The van der Waals surface area contributed by atoms with Gasteiger partial charge in [0.05, 0.1) is 10.7 Å². The molecule has 2 nitrogen and oxygen atoms in total. The Morgan fingerprint density at radius 3 is 2.77 bits per heavy atom. The lowest BCUT2D eigenvalue weighted by molar-refractivity contribution is 0.104. The van der Waals surface area contributed by atoms with Gasteiger partial charge in [-0.2, -0.15) is 0 Å². The second-order valence-electron chi connectivity index (χ2n) is 2.42. The number of methoxy groups -OCH3 is 1. The summed E-state index contributed by atoms with van der Waals surface area (Å²) in [6, 6.07) is 5.28. The highest BCUT2D eigenvalue weighted by molar-refractivity contribution is 14.1. The molecule has 0 radical (unpaired) electrons. The van der Waals surface area contributed by atoms with Gasteiger partial charge in [-0.15, -0.1) is 0 Å². The molecule has 0 saturated heterocycles. The number of allylic oxidation sites excluding steroid dienone is 1. The van der Waals surface area contributed by atoms with E-state index in [4.69, 9.17) is 4.74 Å². The molecule has 1 aromatic carbocycles. The molecule has 1 rings (SSSR count). The first kappa shape index (κ1) is 10.2. The SMILES string of the molecule is C=CC(=O)c1ccc(OC)c(I)c1. The van der Waals surface area contributed by atoms with Gasteiger partial charge in [-0.05, 0) is 46.9 Å². The number of carbonyl (C=O) groups excluding carboxylic acids is 1. The second-order valence-corrected chi connectivity index (χ2v) is 3.58. The Morgan fingerprint density at radius 2 is 2.31 bits per heavy atom. The zero-order valence-electron chi connectivity index (χ0n) is 7.21. The Balaban J connectivity index is 3.09. The van der Waals surface area contributed by atoms with E-state index in [0.29, 0.717) is 5.56 Å². The molecule has 0 atom stereocenters. The number of ketones is 1. The molecule has 0 aliphatic rings. The quantitative estimate of drug-likeness (QED) is 0.485. The van der Waals surface area contributed by atoms with E-state index in [9.17, 15) is 4.79 Å². The van der Waals surface area contributed by atoms with Crippen molar-refractivity contribution in [2.75, 3.05) is 7.11 Å². The van der Waals surface area contributed by atoms with E-state index in [1.807, 2.05) is 0 Å². The van der Waals surface area contributed by atoms with Crippen LogP contribution in [0.1, 0.15) is 10.4 Å². The van der Waals surface area contributed by atoms with E-state index in [-0.39, 0.29) is 5.78 Å². The van der Waals surface area contributed by atoms with E-state index >= 15 is 0 Å². The average Bonchev–Trinajstić information content (AvgIpc) is 2.16. The molecule has 0 aliphatic carbocycles. The Labute approximate surface area is 90.7 Å². The minimum atomic E-state index is -0.0689. The number of carbonyl (C=O) groups is 1. The van der Waals surface area contributed by atoms with Gasteiger partial charge in [0.15, 0.2) is 5.78 Å². The molecule has 0 unspecified atom stereocenters. The molecule has 0 heterocycles. The lowest BCUT2D eigenvalue weighted by Crippen LogP contribution is -1.95. The molecule has 0 spiro atoms. The lowest BCUT2D eigenvalue weighted by atomic mass is 10.1. The Kier molecular flexibility index (Phi) is 3.48. The van der Waals surface area contributed by atoms with E-state index in [1.54, 1.807) is 25.3 Å².